The van der Waals surface area contributed by atoms with Crippen LogP contribution in [-0.2, 0) is 14.8 Å². The zero-order valence-corrected chi connectivity index (χ0v) is 12.2. The van der Waals surface area contributed by atoms with Crippen molar-refractivity contribution >= 4 is 21.7 Å². The molecule has 2 atom stereocenters. The van der Waals surface area contributed by atoms with E-state index in [0.717, 1.165) is 5.69 Å². The molecule has 2 N–H and O–H groups in total. The quantitative estimate of drug-likeness (QED) is 0.862. The molecule has 20 heavy (non-hydrogen) atoms. The number of carbonyl (C=O) groups is 1. The zero-order valence-electron chi connectivity index (χ0n) is 11.4. The second-order valence-electron chi connectivity index (χ2n) is 4.87. The lowest BCUT2D eigenvalue weighted by molar-refractivity contribution is -0.141. The first-order chi connectivity index (χ1) is 9.36. The molecule has 1 heterocycles. The highest BCUT2D eigenvalue weighted by Gasteiger charge is 2.35. The van der Waals surface area contributed by atoms with Crippen LogP contribution < -0.4 is 9.62 Å². The normalized spacial score (nSPS) is 23.0. The van der Waals surface area contributed by atoms with Crippen molar-refractivity contribution in [3.63, 3.8) is 0 Å². The third-order valence-electron chi connectivity index (χ3n) is 3.82. The summed E-state index contributed by atoms with van der Waals surface area (Å²) in [7, 11) is -2.07. The van der Waals surface area contributed by atoms with E-state index in [1.165, 1.54) is 19.2 Å². The van der Waals surface area contributed by atoms with Gasteiger partial charge in [-0.25, -0.2) is 13.1 Å². The highest BCUT2D eigenvalue weighted by Crippen LogP contribution is 2.30. The summed E-state index contributed by atoms with van der Waals surface area (Å²) in [6.45, 7) is 2.54. The van der Waals surface area contributed by atoms with Gasteiger partial charge in [-0.05, 0) is 44.7 Å². The first-order valence-electron chi connectivity index (χ1n) is 6.40. The van der Waals surface area contributed by atoms with E-state index in [-0.39, 0.29) is 16.9 Å². The van der Waals surface area contributed by atoms with Crippen LogP contribution in [0.4, 0.5) is 5.69 Å². The second kappa shape index (κ2) is 5.41. The number of nitrogens with one attached hydrogen (secondary N) is 1. The minimum absolute atomic E-state index is 0.0979. The SMILES string of the molecule is CNS(=O)(=O)c1ccc(N2CCC(C(=O)O)C2C)cc1. The van der Waals surface area contributed by atoms with Gasteiger partial charge in [0.25, 0.3) is 0 Å². The average molecular weight is 298 g/mol. The number of hydrogen-bond acceptors (Lipinski definition) is 4. The lowest BCUT2D eigenvalue weighted by Gasteiger charge is -2.25. The molecule has 0 radical (unpaired) electrons. The number of carboxylic acid groups (broad SMARTS) is 1. The van der Waals surface area contributed by atoms with Gasteiger partial charge in [-0.15, -0.1) is 0 Å². The van der Waals surface area contributed by atoms with Crippen molar-refractivity contribution < 1.29 is 18.3 Å². The molecule has 1 aromatic carbocycles. The van der Waals surface area contributed by atoms with Gasteiger partial charge < -0.3 is 10.0 Å². The van der Waals surface area contributed by atoms with E-state index in [9.17, 15) is 13.2 Å². The molecule has 0 saturated carbocycles. The Morgan fingerprint density at radius 2 is 1.95 bits per heavy atom. The van der Waals surface area contributed by atoms with Crippen molar-refractivity contribution in [1.82, 2.24) is 4.72 Å². The molecule has 110 valence electrons. The molecule has 1 saturated heterocycles. The standard InChI is InChI=1S/C13H18N2O4S/c1-9-12(13(16)17)7-8-15(9)10-3-5-11(6-4-10)20(18,19)14-2/h3-6,9,12,14H,7-8H2,1-2H3,(H,16,17). The molecule has 6 nitrogen and oxygen atoms in total. The fourth-order valence-electron chi connectivity index (χ4n) is 2.57. The summed E-state index contributed by atoms with van der Waals surface area (Å²) in [5.41, 5.74) is 0.844. The average Bonchev–Trinajstić information content (AvgIpc) is 2.81. The van der Waals surface area contributed by atoms with Crippen LogP contribution in [0.3, 0.4) is 0 Å². The Bertz CT molecular complexity index is 597. The fourth-order valence-corrected chi connectivity index (χ4v) is 3.30. The first kappa shape index (κ1) is 14.8. The van der Waals surface area contributed by atoms with Crippen molar-refractivity contribution in [3.8, 4) is 0 Å². The Morgan fingerprint density at radius 3 is 2.40 bits per heavy atom. The van der Waals surface area contributed by atoms with E-state index in [2.05, 4.69) is 4.72 Å². The molecular weight excluding hydrogens is 280 g/mol. The number of nitrogens with zero attached hydrogens (tertiary/aromatic N) is 1. The van der Waals surface area contributed by atoms with Gasteiger partial charge in [-0.3, -0.25) is 4.79 Å². The van der Waals surface area contributed by atoms with E-state index < -0.39 is 16.0 Å². The Balaban J connectivity index is 2.22. The van der Waals surface area contributed by atoms with Crippen LogP contribution in [0.15, 0.2) is 29.2 Å². The number of sulfonamides is 1. The van der Waals surface area contributed by atoms with E-state index in [1.807, 2.05) is 11.8 Å². The van der Waals surface area contributed by atoms with Crippen molar-refractivity contribution in [3.05, 3.63) is 24.3 Å². The van der Waals surface area contributed by atoms with Crippen molar-refractivity contribution in [2.24, 2.45) is 5.92 Å². The molecule has 0 bridgehead atoms. The Kier molecular flexibility index (Phi) is 4.01. The van der Waals surface area contributed by atoms with Gasteiger partial charge in [0.05, 0.1) is 10.8 Å². The maximum absolute atomic E-state index is 11.6. The Labute approximate surface area is 118 Å². The summed E-state index contributed by atoms with van der Waals surface area (Å²) in [5, 5.41) is 9.12. The maximum atomic E-state index is 11.6. The van der Waals surface area contributed by atoms with Gasteiger partial charge in [0.1, 0.15) is 0 Å². The summed E-state index contributed by atoms with van der Waals surface area (Å²) in [6.07, 6.45) is 0.604. The minimum Gasteiger partial charge on any atom is -0.481 e. The van der Waals surface area contributed by atoms with Gasteiger partial charge in [0.15, 0.2) is 0 Å². The van der Waals surface area contributed by atoms with Crippen LogP contribution in [0.5, 0.6) is 0 Å². The van der Waals surface area contributed by atoms with Crippen LogP contribution in [-0.4, -0.2) is 39.1 Å². The van der Waals surface area contributed by atoms with Gasteiger partial charge in [-0.2, -0.15) is 0 Å². The molecule has 7 heteroatoms. The summed E-state index contributed by atoms with van der Waals surface area (Å²) in [4.78, 5) is 13.3. The third-order valence-corrected chi connectivity index (χ3v) is 5.25. The largest absolute Gasteiger partial charge is 0.481 e. The molecular formula is C13H18N2O4S. The van der Waals surface area contributed by atoms with E-state index in [0.29, 0.717) is 13.0 Å². The number of anilines is 1. The highest BCUT2D eigenvalue weighted by molar-refractivity contribution is 7.89. The summed E-state index contributed by atoms with van der Waals surface area (Å²) in [6, 6.07) is 6.39. The number of hydrogen-bond donors (Lipinski definition) is 2. The number of rotatable bonds is 4. The second-order valence-corrected chi connectivity index (χ2v) is 6.76. The predicted octanol–water partition coefficient (Wildman–Crippen LogP) is 0.894. The van der Waals surface area contributed by atoms with Crippen LogP contribution in [0.2, 0.25) is 0 Å². The van der Waals surface area contributed by atoms with Crippen LogP contribution >= 0.6 is 0 Å². The lowest BCUT2D eigenvalue weighted by atomic mass is 10.0. The molecule has 0 aromatic heterocycles. The molecule has 1 aliphatic heterocycles. The van der Waals surface area contributed by atoms with Crippen LogP contribution in [0.1, 0.15) is 13.3 Å². The molecule has 2 rings (SSSR count). The Morgan fingerprint density at radius 1 is 1.35 bits per heavy atom. The summed E-state index contributed by atoms with van der Waals surface area (Å²) < 4.78 is 25.5. The molecule has 0 spiro atoms. The van der Waals surface area contributed by atoms with Crippen LogP contribution in [0, 0.1) is 5.92 Å². The van der Waals surface area contributed by atoms with Gasteiger partial charge in [0.2, 0.25) is 10.0 Å². The Hall–Kier alpha value is -1.60. The number of carboxylic acids is 1. The van der Waals surface area contributed by atoms with E-state index in [4.69, 9.17) is 5.11 Å². The molecule has 2 unspecified atom stereocenters. The smallest absolute Gasteiger partial charge is 0.308 e. The van der Waals surface area contributed by atoms with Crippen molar-refractivity contribution in [2.45, 2.75) is 24.3 Å². The van der Waals surface area contributed by atoms with Gasteiger partial charge in [0, 0.05) is 18.3 Å². The molecule has 1 fully saturated rings. The van der Waals surface area contributed by atoms with E-state index in [1.54, 1.807) is 12.1 Å². The zero-order chi connectivity index (χ0) is 14.9. The molecule has 0 amide bonds. The van der Waals surface area contributed by atoms with E-state index >= 15 is 0 Å². The van der Waals surface area contributed by atoms with Crippen molar-refractivity contribution in [2.75, 3.05) is 18.5 Å². The molecule has 1 aliphatic rings. The first-order valence-corrected chi connectivity index (χ1v) is 7.88. The molecule has 1 aromatic rings. The van der Waals surface area contributed by atoms with Gasteiger partial charge >= 0.3 is 5.97 Å². The number of aliphatic carboxylic acids is 1. The van der Waals surface area contributed by atoms with Crippen molar-refractivity contribution in [1.29, 1.82) is 0 Å². The summed E-state index contributed by atoms with van der Waals surface area (Å²) >= 11 is 0. The topological polar surface area (TPSA) is 86.7 Å². The highest BCUT2D eigenvalue weighted by atomic mass is 32.2. The summed E-state index contributed by atoms with van der Waals surface area (Å²) in [5.74, 6) is -1.16. The fraction of sp³-hybridized carbons (Fsp3) is 0.462. The monoisotopic (exact) mass is 298 g/mol. The lowest BCUT2D eigenvalue weighted by Crippen LogP contribution is -2.32. The van der Waals surface area contributed by atoms with Crippen LogP contribution in [0.25, 0.3) is 0 Å². The maximum Gasteiger partial charge on any atom is 0.308 e. The van der Waals surface area contributed by atoms with Gasteiger partial charge in [-0.1, -0.05) is 0 Å². The minimum atomic E-state index is -3.44. The predicted molar refractivity (Wildman–Crippen MR) is 75.2 cm³/mol. The molecule has 0 aliphatic carbocycles. The third kappa shape index (κ3) is 2.64. The number of benzene rings is 1.